The maximum atomic E-state index is 12.6. The standard InChI is InChI=1S/C18H18ClN5O/c1-3-12-6-4-5-7-14(12)24-17(20)16(11(2)23-24)18(25)22-15-9-8-13(19)10-21-15/h4-10H,3,20H2,1-2H3,(H,21,22,25). The molecule has 6 nitrogen and oxygen atoms in total. The highest BCUT2D eigenvalue weighted by Crippen LogP contribution is 2.24. The Balaban J connectivity index is 1.97. The van der Waals surface area contributed by atoms with Gasteiger partial charge in [0.1, 0.15) is 17.2 Å². The number of aryl methyl sites for hydroxylation is 2. The summed E-state index contributed by atoms with van der Waals surface area (Å²) < 4.78 is 1.61. The maximum Gasteiger partial charge on any atom is 0.262 e. The van der Waals surface area contributed by atoms with E-state index in [0.717, 1.165) is 17.7 Å². The minimum Gasteiger partial charge on any atom is -0.383 e. The van der Waals surface area contributed by atoms with Crippen molar-refractivity contribution in [3.63, 3.8) is 0 Å². The number of para-hydroxylation sites is 1. The minimum absolute atomic E-state index is 0.296. The van der Waals surface area contributed by atoms with Crippen LogP contribution in [0.3, 0.4) is 0 Å². The van der Waals surface area contributed by atoms with E-state index in [4.69, 9.17) is 17.3 Å². The van der Waals surface area contributed by atoms with Crippen molar-refractivity contribution >= 4 is 29.1 Å². The molecule has 0 fully saturated rings. The van der Waals surface area contributed by atoms with Crippen molar-refractivity contribution in [1.82, 2.24) is 14.8 Å². The van der Waals surface area contributed by atoms with Crippen molar-refractivity contribution < 1.29 is 4.79 Å². The Bertz CT molecular complexity index is 918. The molecule has 0 spiro atoms. The second-order valence-electron chi connectivity index (χ2n) is 5.56. The zero-order valence-electron chi connectivity index (χ0n) is 14.0. The van der Waals surface area contributed by atoms with Gasteiger partial charge in [0.25, 0.3) is 5.91 Å². The normalized spacial score (nSPS) is 10.7. The molecule has 2 aromatic heterocycles. The van der Waals surface area contributed by atoms with Gasteiger partial charge in [0.15, 0.2) is 0 Å². The molecule has 128 valence electrons. The van der Waals surface area contributed by atoms with Crippen molar-refractivity contribution in [1.29, 1.82) is 0 Å². The van der Waals surface area contributed by atoms with E-state index < -0.39 is 0 Å². The van der Waals surface area contributed by atoms with Crippen molar-refractivity contribution in [2.75, 3.05) is 11.1 Å². The van der Waals surface area contributed by atoms with E-state index in [1.165, 1.54) is 6.20 Å². The lowest BCUT2D eigenvalue weighted by atomic mass is 10.1. The highest BCUT2D eigenvalue weighted by Gasteiger charge is 2.21. The molecule has 0 aliphatic rings. The Morgan fingerprint density at radius 2 is 2.04 bits per heavy atom. The smallest absolute Gasteiger partial charge is 0.262 e. The maximum absolute atomic E-state index is 12.6. The molecule has 0 bridgehead atoms. The van der Waals surface area contributed by atoms with E-state index in [1.54, 1.807) is 23.7 Å². The summed E-state index contributed by atoms with van der Waals surface area (Å²) in [5.41, 5.74) is 9.09. The molecule has 0 saturated heterocycles. The molecule has 0 unspecified atom stereocenters. The van der Waals surface area contributed by atoms with Crippen LogP contribution < -0.4 is 11.1 Å². The third-order valence-electron chi connectivity index (χ3n) is 3.89. The summed E-state index contributed by atoms with van der Waals surface area (Å²) >= 11 is 5.81. The number of halogens is 1. The van der Waals surface area contributed by atoms with Crippen LogP contribution in [0.1, 0.15) is 28.5 Å². The molecule has 1 amide bonds. The summed E-state index contributed by atoms with van der Waals surface area (Å²) in [6.07, 6.45) is 2.30. The van der Waals surface area contributed by atoms with E-state index in [2.05, 4.69) is 22.3 Å². The summed E-state index contributed by atoms with van der Waals surface area (Å²) in [5.74, 6) is 0.338. The number of nitrogen functional groups attached to an aromatic ring is 1. The number of rotatable bonds is 4. The Hall–Kier alpha value is -2.86. The number of carbonyl (C=O) groups is 1. The number of pyridine rings is 1. The molecule has 2 heterocycles. The summed E-state index contributed by atoms with van der Waals surface area (Å²) in [5, 5.41) is 7.67. The number of carbonyl (C=O) groups excluding carboxylic acids is 1. The number of nitrogens with zero attached hydrogens (tertiary/aromatic N) is 3. The van der Waals surface area contributed by atoms with Gasteiger partial charge in [-0.15, -0.1) is 0 Å². The third-order valence-corrected chi connectivity index (χ3v) is 4.12. The van der Waals surface area contributed by atoms with Gasteiger partial charge in [0, 0.05) is 6.20 Å². The van der Waals surface area contributed by atoms with Crippen LogP contribution in [-0.4, -0.2) is 20.7 Å². The van der Waals surface area contributed by atoms with Gasteiger partial charge < -0.3 is 11.1 Å². The molecule has 1 aromatic carbocycles. The lowest BCUT2D eigenvalue weighted by Gasteiger charge is -2.09. The predicted octanol–water partition coefficient (Wildman–Crippen LogP) is 3.63. The average molecular weight is 356 g/mol. The van der Waals surface area contributed by atoms with Crippen molar-refractivity contribution in [2.45, 2.75) is 20.3 Å². The van der Waals surface area contributed by atoms with Crippen LogP contribution in [0.5, 0.6) is 0 Å². The van der Waals surface area contributed by atoms with Crippen LogP contribution in [0, 0.1) is 6.92 Å². The average Bonchev–Trinajstić information content (AvgIpc) is 2.91. The molecule has 0 radical (unpaired) electrons. The number of hydrogen-bond donors (Lipinski definition) is 2. The van der Waals surface area contributed by atoms with Crippen LogP contribution in [-0.2, 0) is 6.42 Å². The summed E-state index contributed by atoms with van der Waals surface area (Å²) in [4.78, 5) is 16.7. The van der Waals surface area contributed by atoms with Crippen molar-refractivity contribution in [2.24, 2.45) is 0 Å². The monoisotopic (exact) mass is 355 g/mol. The molecule has 3 aromatic rings. The van der Waals surface area contributed by atoms with E-state index in [0.29, 0.717) is 27.9 Å². The van der Waals surface area contributed by atoms with E-state index in [1.807, 2.05) is 24.3 Å². The second kappa shape index (κ2) is 6.94. The molecule has 7 heteroatoms. The highest BCUT2D eigenvalue weighted by atomic mass is 35.5. The van der Waals surface area contributed by atoms with Gasteiger partial charge in [0.2, 0.25) is 0 Å². The number of hydrogen-bond acceptors (Lipinski definition) is 4. The first kappa shape index (κ1) is 17.0. The van der Waals surface area contributed by atoms with E-state index >= 15 is 0 Å². The van der Waals surface area contributed by atoms with Gasteiger partial charge in [0.05, 0.1) is 16.4 Å². The molecule has 0 saturated carbocycles. The fraction of sp³-hybridized carbons (Fsp3) is 0.167. The number of benzene rings is 1. The van der Waals surface area contributed by atoms with Gasteiger partial charge in [-0.05, 0) is 37.1 Å². The molecule has 3 rings (SSSR count). The molecule has 0 aliphatic carbocycles. The Kier molecular flexibility index (Phi) is 4.72. The van der Waals surface area contributed by atoms with Gasteiger partial charge in [-0.3, -0.25) is 4.79 Å². The highest BCUT2D eigenvalue weighted by molar-refractivity contribution is 6.30. The Morgan fingerprint density at radius 1 is 1.28 bits per heavy atom. The van der Waals surface area contributed by atoms with Gasteiger partial charge in [-0.2, -0.15) is 5.10 Å². The van der Waals surface area contributed by atoms with Crippen LogP contribution in [0.25, 0.3) is 5.69 Å². The molecule has 0 aliphatic heterocycles. The Morgan fingerprint density at radius 3 is 2.72 bits per heavy atom. The van der Waals surface area contributed by atoms with Crippen LogP contribution >= 0.6 is 11.6 Å². The molecular formula is C18H18ClN5O. The third kappa shape index (κ3) is 3.34. The molecule has 3 N–H and O–H groups in total. The molecule has 0 atom stereocenters. The lowest BCUT2D eigenvalue weighted by Crippen LogP contribution is -2.15. The first-order chi connectivity index (χ1) is 12.0. The summed E-state index contributed by atoms with van der Waals surface area (Å²) in [6, 6.07) is 11.1. The number of nitrogens with one attached hydrogen (secondary N) is 1. The van der Waals surface area contributed by atoms with Crippen molar-refractivity contribution in [3.8, 4) is 5.69 Å². The first-order valence-electron chi connectivity index (χ1n) is 7.87. The van der Waals surface area contributed by atoms with Gasteiger partial charge in [-0.1, -0.05) is 36.7 Å². The van der Waals surface area contributed by atoms with Gasteiger partial charge in [-0.25, -0.2) is 9.67 Å². The number of aromatic nitrogens is 3. The van der Waals surface area contributed by atoms with E-state index in [9.17, 15) is 4.79 Å². The topological polar surface area (TPSA) is 85.8 Å². The van der Waals surface area contributed by atoms with Crippen LogP contribution in [0.15, 0.2) is 42.6 Å². The fourth-order valence-electron chi connectivity index (χ4n) is 2.65. The zero-order chi connectivity index (χ0) is 18.0. The molecular weight excluding hydrogens is 338 g/mol. The zero-order valence-corrected chi connectivity index (χ0v) is 14.7. The second-order valence-corrected chi connectivity index (χ2v) is 5.99. The molecule has 25 heavy (non-hydrogen) atoms. The summed E-state index contributed by atoms with van der Waals surface area (Å²) in [7, 11) is 0. The largest absolute Gasteiger partial charge is 0.383 e. The first-order valence-corrected chi connectivity index (χ1v) is 8.25. The number of anilines is 2. The van der Waals surface area contributed by atoms with Crippen LogP contribution in [0.4, 0.5) is 11.6 Å². The Labute approximate surface area is 150 Å². The van der Waals surface area contributed by atoms with Crippen molar-refractivity contribution in [3.05, 3.63) is 64.4 Å². The summed E-state index contributed by atoms with van der Waals surface area (Å²) in [6.45, 7) is 3.82. The van der Waals surface area contributed by atoms with Crippen LogP contribution in [0.2, 0.25) is 5.02 Å². The fourth-order valence-corrected chi connectivity index (χ4v) is 2.77. The lowest BCUT2D eigenvalue weighted by molar-refractivity contribution is 0.102. The van der Waals surface area contributed by atoms with E-state index in [-0.39, 0.29) is 5.91 Å². The quantitative estimate of drug-likeness (QED) is 0.748. The predicted molar refractivity (Wildman–Crippen MR) is 99.3 cm³/mol. The minimum atomic E-state index is -0.356. The SMILES string of the molecule is CCc1ccccc1-n1nc(C)c(C(=O)Nc2ccc(Cl)cn2)c1N. The number of nitrogens with two attached hydrogens (primary N) is 1. The van der Waals surface area contributed by atoms with Gasteiger partial charge >= 0.3 is 0 Å². The number of amides is 1.